The molecule has 27 heavy (non-hydrogen) atoms. The summed E-state index contributed by atoms with van der Waals surface area (Å²) in [5.41, 5.74) is 1.05. The fourth-order valence-electron chi connectivity index (χ4n) is 2.87. The number of halogens is 2. The maximum absolute atomic E-state index is 13.3. The van der Waals surface area contributed by atoms with Crippen LogP contribution in [0.4, 0.5) is 0 Å². The second-order valence-corrected chi connectivity index (χ2v) is 6.62. The van der Waals surface area contributed by atoms with Crippen LogP contribution in [0.2, 0.25) is 0 Å². The van der Waals surface area contributed by atoms with Crippen LogP contribution in [-0.2, 0) is 9.53 Å². The van der Waals surface area contributed by atoms with E-state index in [1.165, 1.54) is 0 Å². The van der Waals surface area contributed by atoms with Crippen LogP contribution in [0.5, 0.6) is 11.5 Å². The minimum Gasteiger partial charge on any atom is -0.497 e. The lowest BCUT2D eigenvalue weighted by molar-refractivity contribution is -0.139. The summed E-state index contributed by atoms with van der Waals surface area (Å²) in [6.07, 6.45) is -0.991. The van der Waals surface area contributed by atoms with Crippen molar-refractivity contribution in [2.24, 2.45) is 0 Å². The predicted octanol–water partition coefficient (Wildman–Crippen LogP) is 4.28. The Morgan fingerprint density at radius 1 is 0.963 bits per heavy atom. The number of hydrogen-bond donors (Lipinski definition) is 0. The summed E-state index contributed by atoms with van der Waals surface area (Å²) < 4.78 is 15.6. The number of cyclic esters (lactones) is 1. The average molecular weight is 407 g/mol. The Morgan fingerprint density at radius 2 is 1.48 bits per heavy atom. The molecule has 0 amide bonds. The van der Waals surface area contributed by atoms with Gasteiger partial charge in [-0.3, -0.25) is 4.79 Å². The molecule has 0 aromatic heterocycles. The van der Waals surface area contributed by atoms with Gasteiger partial charge in [0.15, 0.2) is 11.9 Å². The first-order chi connectivity index (χ1) is 13.0. The molecule has 0 aliphatic carbocycles. The van der Waals surface area contributed by atoms with Crippen LogP contribution in [-0.4, -0.2) is 32.1 Å². The highest BCUT2D eigenvalue weighted by atomic mass is 35.5. The van der Waals surface area contributed by atoms with Gasteiger partial charge >= 0.3 is 5.97 Å². The number of carbonyl (C=O) groups excluding carboxylic acids is 2. The molecule has 2 aromatic rings. The van der Waals surface area contributed by atoms with Crippen molar-refractivity contribution in [2.45, 2.75) is 12.0 Å². The van der Waals surface area contributed by atoms with E-state index in [4.69, 9.17) is 37.4 Å². The maximum atomic E-state index is 13.3. The quantitative estimate of drug-likeness (QED) is 0.528. The third-order valence-electron chi connectivity index (χ3n) is 4.31. The standard InChI is InChI=1S/C20H16Cl2O5/c1-25-13-7-3-11(4-8-13)15(19-16(21)17(22)20(24)27-19)18(23)12-5-9-14(26-2)10-6-12/h3-10,15,19H,1-2H3/t15-,19+/m0/s1. The monoisotopic (exact) mass is 406 g/mol. The molecule has 0 saturated carbocycles. The molecule has 1 aliphatic heterocycles. The van der Waals surface area contributed by atoms with Crippen molar-refractivity contribution in [1.29, 1.82) is 0 Å². The zero-order valence-corrected chi connectivity index (χ0v) is 16.1. The van der Waals surface area contributed by atoms with E-state index >= 15 is 0 Å². The minimum atomic E-state index is -0.991. The molecule has 0 bridgehead atoms. The molecule has 0 N–H and O–H groups in total. The van der Waals surface area contributed by atoms with Gasteiger partial charge in [0.1, 0.15) is 16.5 Å². The zero-order chi connectivity index (χ0) is 19.6. The highest BCUT2D eigenvalue weighted by Crippen LogP contribution is 2.39. The summed E-state index contributed by atoms with van der Waals surface area (Å²) in [6, 6.07) is 13.6. The Hall–Kier alpha value is -2.50. The fraction of sp³-hybridized carbons (Fsp3) is 0.200. The van der Waals surface area contributed by atoms with E-state index in [1.54, 1.807) is 62.8 Å². The lowest BCUT2D eigenvalue weighted by atomic mass is 9.86. The van der Waals surface area contributed by atoms with E-state index in [-0.39, 0.29) is 15.8 Å². The van der Waals surface area contributed by atoms with Gasteiger partial charge in [-0.25, -0.2) is 4.79 Å². The number of ketones is 1. The number of rotatable bonds is 6. The molecule has 0 saturated heterocycles. The first kappa shape index (κ1) is 19.3. The summed E-state index contributed by atoms with van der Waals surface area (Å²) in [5.74, 6) is -0.590. The number of carbonyl (C=O) groups is 2. The highest BCUT2D eigenvalue weighted by Gasteiger charge is 2.42. The van der Waals surface area contributed by atoms with E-state index < -0.39 is 18.0 Å². The third kappa shape index (κ3) is 3.80. The molecule has 3 rings (SSSR count). The zero-order valence-electron chi connectivity index (χ0n) is 14.6. The molecule has 7 heteroatoms. The van der Waals surface area contributed by atoms with E-state index in [0.29, 0.717) is 22.6 Å². The molecule has 1 heterocycles. The smallest absolute Gasteiger partial charge is 0.351 e. The van der Waals surface area contributed by atoms with Crippen molar-refractivity contribution in [1.82, 2.24) is 0 Å². The molecule has 140 valence electrons. The molecule has 5 nitrogen and oxygen atoms in total. The molecule has 2 atom stereocenters. The van der Waals surface area contributed by atoms with Crippen LogP contribution in [0.1, 0.15) is 21.8 Å². The van der Waals surface area contributed by atoms with E-state index in [2.05, 4.69) is 0 Å². The van der Waals surface area contributed by atoms with Crippen LogP contribution in [0.3, 0.4) is 0 Å². The molecular formula is C20H16Cl2O5. The van der Waals surface area contributed by atoms with Gasteiger partial charge in [0.05, 0.1) is 25.2 Å². The molecular weight excluding hydrogens is 391 g/mol. The molecule has 0 radical (unpaired) electrons. The first-order valence-electron chi connectivity index (χ1n) is 8.04. The Labute approximate surface area is 166 Å². The highest BCUT2D eigenvalue weighted by molar-refractivity contribution is 6.48. The molecule has 0 spiro atoms. The van der Waals surface area contributed by atoms with Crippen LogP contribution >= 0.6 is 23.2 Å². The largest absolute Gasteiger partial charge is 0.497 e. The average Bonchev–Trinajstić information content (AvgIpc) is 2.96. The first-order valence-corrected chi connectivity index (χ1v) is 8.80. The number of Topliss-reactive ketones (excluding diaryl/α,β-unsaturated/α-hetero) is 1. The van der Waals surface area contributed by atoms with Crippen LogP contribution < -0.4 is 9.47 Å². The summed E-state index contributed by atoms with van der Waals surface area (Å²) >= 11 is 12.1. The molecule has 2 aromatic carbocycles. The van der Waals surface area contributed by atoms with Gasteiger partial charge in [-0.2, -0.15) is 0 Å². The third-order valence-corrected chi connectivity index (χ3v) is 5.17. The van der Waals surface area contributed by atoms with Gasteiger partial charge in [-0.05, 0) is 42.0 Å². The van der Waals surface area contributed by atoms with Gasteiger partial charge in [-0.15, -0.1) is 0 Å². The second kappa shape index (κ2) is 8.03. The SMILES string of the molecule is COc1ccc(C(=O)[C@H](c2ccc(OC)cc2)[C@H]2OC(=O)C(Cl)=C2Cl)cc1. The van der Waals surface area contributed by atoms with E-state index in [9.17, 15) is 9.59 Å². The molecule has 0 unspecified atom stereocenters. The number of ether oxygens (including phenoxy) is 3. The van der Waals surface area contributed by atoms with Gasteiger partial charge in [0.25, 0.3) is 0 Å². The number of hydrogen-bond acceptors (Lipinski definition) is 5. The van der Waals surface area contributed by atoms with Crippen molar-refractivity contribution in [3.63, 3.8) is 0 Å². The molecule has 0 fully saturated rings. The van der Waals surface area contributed by atoms with Crippen molar-refractivity contribution in [3.8, 4) is 11.5 Å². The van der Waals surface area contributed by atoms with Crippen molar-refractivity contribution in [2.75, 3.05) is 14.2 Å². The Bertz CT molecular complexity index is 888. The van der Waals surface area contributed by atoms with E-state index in [1.807, 2.05) is 0 Å². The Balaban J connectivity index is 2.03. The topological polar surface area (TPSA) is 61.8 Å². The number of benzene rings is 2. The lowest BCUT2D eigenvalue weighted by Crippen LogP contribution is -2.28. The van der Waals surface area contributed by atoms with Crippen molar-refractivity contribution >= 4 is 35.0 Å². The second-order valence-electron chi connectivity index (χ2n) is 5.83. The van der Waals surface area contributed by atoms with Crippen LogP contribution in [0.15, 0.2) is 58.6 Å². The van der Waals surface area contributed by atoms with Crippen molar-refractivity contribution in [3.05, 3.63) is 69.7 Å². The van der Waals surface area contributed by atoms with Gasteiger partial charge in [0.2, 0.25) is 0 Å². The number of methoxy groups -OCH3 is 2. The van der Waals surface area contributed by atoms with Crippen LogP contribution in [0.25, 0.3) is 0 Å². The van der Waals surface area contributed by atoms with Gasteiger partial charge in [-0.1, -0.05) is 35.3 Å². The molecule has 1 aliphatic rings. The normalized spacial score (nSPS) is 17.5. The Kier molecular flexibility index (Phi) is 5.73. The lowest BCUT2D eigenvalue weighted by Gasteiger charge is -2.23. The van der Waals surface area contributed by atoms with Gasteiger partial charge in [0, 0.05) is 5.56 Å². The fourth-order valence-corrected chi connectivity index (χ4v) is 3.27. The van der Waals surface area contributed by atoms with Crippen molar-refractivity contribution < 1.29 is 23.8 Å². The maximum Gasteiger partial charge on any atom is 0.351 e. The summed E-state index contributed by atoms with van der Waals surface area (Å²) in [4.78, 5) is 25.1. The minimum absolute atomic E-state index is 0.0179. The van der Waals surface area contributed by atoms with Crippen LogP contribution in [0, 0.1) is 0 Å². The predicted molar refractivity (Wildman–Crippen MR) is 102 cm³/mol. The Morgan fingerprint density at radius 3 is 1.93 bits per heavy atom. The summed E-state index contributed by atoms with van der Waals surface area (Å²) in [6.45, 7) is 0. The number of esters is 1. The summed E-state index contributed by atoms with van der Waals surface area (Å²) in [7, 11) is 3.09. The summed E-state index contributed by atoms with van der Waals surface area (Å²) in [5, 5.41) is -0.188. The van der Waals surface area contributed by atoms with E-state index in [0.717, 1.165) is 0 Å². The van der Waals surface area contributed by atoms with Gasteiger partial charge < -0.3 is 14.2 Å².